The Morgan fingerprint density at radius 2 is 2.00 bits per heavy atom. The molecule has 0 radical (unpaired) electrons. The molecule has 0 fully saturated rings. The zero-order valence-corrected chi connectivity index (χ0v) is 14.8. The molecule has 5 rings (SSSR count). The van der Waals surface area contributed by atoms with E-state index < -0.39 is 0 Å². The largest absolute Gasteiger partial charge is 0.411 e. The molecule has 0 saturated carbocycles. The first kappa shape index (κ1) is 15.8. The van der Waals surface area contributed by atoms with E-state index >= 15 is 0 Å². The van der Waals surface area contributed by atoms with Gasteiger partial charge in [-0.2, -0.15) is 0 Å². The summed E-state index contributed by atoms with van der Waals surface area (Å²) in [6.07, 6.45) is 3.56. The van der Waals surface area contributed by atoms with Crippen LogP contribution in [-0.4, -0.2) is 24.6 Å². The lowest BCUT2D eigenvalue weighted by molar-refractivity contribution is 0.466. The van der Waals surface area contributed by atoms with Crippen molar-refractivity contribution in [1.29, 1.82) is 0 Å². The number of nitrogens with zero attached hydrogens (tertiary/aromatic N) is 4. The maximum atomic E-state index is 12.2. The van der Waals surface area contributed by atoms with Crippen molar-refractivity contribution in [2.45, 2.75) is 11.0 Å². The van der Waals surface area contributed by atoms with Crippen molar-refractivity contribution in [2.24, 2.45) is 0 Å². The minimum Gasteiger partial charge on any atom is -0.411 e. The Labute approximate surface area is 157 Å². The topological polar surface area (TPSA) is 89.1 Å². The van der Waals surface area contributed by atoms with Crippen molar-refractivity contribution in [3.63, 3.8) is 0 Å². The number of hydrogen-bond acceptors (Lipinski definition) is 6. The molecule has 27 heavy (non-hydrogen) atoms. The van der Waals surface area contributed by atoms with Gasteiger partial charge in [-0.25, -0.2) is 4.98 Å². The van der Waals surface area contributed by atoms with Crippen LogP contribution in [0.15, 0.2) is 75.4 Å². The van der Waals surface area contributed by atoms with Crippen molar-refractivity contribution >= 4 is 28.3 Å². The van der Waals surface area contributed by atoms with E-state index in [1.54, 1.807) is 18.3 Å². The molecule has 0 amide bonds. The predicted molar refractivity (Wildman–Crippen MR) is 103 cm³/mol. The van der Waals surface area contributed by atoms with Gasteiger partial charge in [0.15, 0.2) is 0 Å². The van der Waals surface area contributed by atoms with Crippen molar-refractivity contribution < 1.29 is 4.42 Å². The van der Waals surface area contributed by atoms with Crippen LogP contribution in [0, 0.1) is 0 Å². The average molecular weight is 375 g/mol. The Morgan fingerprint density at radius 1 is 1.11 bits per heavy atom. The number of aromatic nitrogens is 5. The normalized spacial score (nSPS) is 11.4. The summed E-state index contributed by atoms with van der Waals surface area (Å²) >= 11 is 1.35. The molecule has 0 aliphatic carbocycles. The average Bonchev–Trinajstić information content (AvgIpc) is 3.33. The summed E-state index contributed by atoms with van der Waals surface area (Å²) in [4.78, 5) is 19.8. The Kier molecular flexibility index (Phi) is 3.75. The molecule has 0 unspecified atom stereocenters. The van der Waals surface area contributed by atoms with Crippen molar-refractivity contribution in [3.05, 3.63) is 77.0 Å². The molecular weight excluding hydrogens is 362 g/mol. The van der Waals surface area contributed by atoms with Gasteiger partial charge in [-0.15, -0.1) is 10.2 Å². The van der Waals surface area contributed by atoms with E-state index in [1.807, 2.05) is 36.5 Å². The highest BCUT2D eigenvalue weighted by molar-refractivity contribution is 7.98. The molecule has 8 heteroatoms. The van der Waals surface area contributed by atoms with E-state index in [2.05, 4.69) is 20.2 Å². The van der Waals surface area contributed by atoms with Gasteiger partial charge in [0.2, 0.25) is 0 Å². The van der Waals surface area contributed by atoms with Gasteiger partial charge in [-0.1, -0.05) is 36.0 Å². The summed E-state index contributed by atoms with van der Waals surface area (Å²) in [7, 11) is 0. The van der Waals surface area contributed by atoms with Crippen LogP contribution in [0.4, 0.5) is 0 Å². The number of thioether (sulfide) groups is 1. The fraction of sp³-hybridized carbons (Fsp3) is 0.0526. The zero-order chi connectivity index (χ0) is 18.2. The number of benzene rings is 1. The summed E-state index contributed by atoms with van der Waals surface area (Å²) in [5.41, 5.74) is 3.06. The molecule has 4 heterocycles. The zero-order valence-electron chi connectivity index (χ0n) is 14.0. The predicted octanol–water partition coefficient (Wildman–Crippen LogP) is 3.52. The lowest BCUT2D eigenvalue weighted by Gasteiger charge is -2.02. The molecule has 7 nitrogen and oxygen atoms in total. The van der Waals surface area contributed by atoms with Crippen molar-refractivity contribution in [3.8, 4) is 11.5 Å². The fourth-order valence-electron chi connectivity index (χ4n) is 2.94. The van der Waals surface area contributed by atoms with E-state index in [1.165, 1.54) is 22.2 Å². The summed E-state index contributed by atoms with van der Waals surface area (Å²) in [5.74, 6) is 0.928. The van der Waals surface area contributed by atoms with Gasteiger partial charge in [0, 0.05) is 35.1 Å². The quantitative estimate of drug-likeness (QED) is 0.484. The third-order valence-corrected chi connectivity index (χ3v) is 5.05. The van der Waals surface area contributed by atoms with Crippen LogP contribution in [0.2, 0.25) is 0 Å². The molecule has 0 spiro atoms. The molecule has 0 bridgehead atoms. The summed E-state index contributed by atoms with van der Waals surface area (Å²) in [6.45, 7) is 0. The fourth-order valence-corrected chi connectivity index (χ4v) is 3.59. The third-order valence-electron chi connectivity index (χ3n) is 4.19. The monoisotopic (exact) mass is 375 g/mol. The number of nitrogens with one attached hydrogen (secondary N) is 1. The lowest BCUT2D eigenvalue weighted by Crippen LogP contribution is -2.14. The molecule has 0 saturated heterocycles. The van der Waals surface area contributed by atoms with Gasteiger partial charge >= 0.3 is 0 Å². The first-order valence-corrected chi connectivity index (χ1v) is 9.26. The minimum absolute atomic E-state index is 0.110. The highest BCUT2D eigenvalue weighted by Gasteiger charge is 2.14. The van der Waals surface area contributed by atoms with Gasteiger partial charge in [-0.3, -0.25) is 9.20 Å². The second-order valence-electron chi connectivity index (χ2n) is 5.92. The van der Waals surface area contributed by atoms with E-state index in [4.69, 9.17) is 4.42 Å². The molecule has 4 aromatic heterocycles. The van der Waals surface area contributed by atoms with Gasteiger partial charge < -0.3 is 9.40 Å². The van der Waals surface area contributed by atoms with E-state index in [9.17, 15) is 4.79 Å². The number of fused-ring (bicyclic) bond motifs is 2. The van der Waals surface area contributed by atoms with Gasteiger partial charge in [0.1, 0.15) is 5.65 Å². The number of rotatable bonds is 4. The maximum absolute atomic E-state index is 12.2. The van der Waals surface area contributed by atoms with Crippen molar-refractivity contribution in [1.82, 2.24) is 24.6 Å². The van der Waals surface area contributed by atoms with Gasteiger partial charge in [0.25, 0.3) is 16.7 Å². The summed E-state index contributed by atoms with van der Waals surface area (Å²) in [6, 6.07) is 14.9. The first-order chi connectivity index (χ1) is 13.3. The van der Waals surface area contributed by atoms with Crippen LogP contribution in [-0.2, 0) is 5.75 Å². The Balaban J connectivity index is 1.39. The molecule has 1 N–H and O–H groups in total. The van der Waals surface area contributed by atoms with Gasteiger partial charge in [0.05, 0.1) is 11.3 Å². The molecule has 1 aromatic carbocycles. The standard InChI is InChI=1S/C19H13N5O2S/c25-17-9-12(21-16-7-3-4-8-24(16)17)11-27-19-23-22-18(26-19)14-10-20-15-6-2-1-5-13(14)15/h1-10,20H,11H2. The number of aromatic amines is 1. The van der Waals surface area contributed by atoms with Crippen LogP contribution >= 0.6 is 11.8 Å². The van der Waals surface area contributed by atoms with E-state index in [0.29, 0.717) is 28.2 Å². The van der Waals surface area contributed by atoms with Crippen LogP contribution in [0.25, 0.3) is 28.0 Å². The smallest absolute Gasteiger partial charge is 0.277 e. The minimum atomic E-state index is -0.110. The second kappa shape index (κ2) is 6.40. The SMILES string of the molecule is O=c1cc(CSc2nnc(-c3c[nH]c4ccccc34)o2)nc2ccccn12. The summed E-state index contributed by atoms with van der Waals surface area (Å²) < 4.78 is 7.30. The van der Waals surface area contributed by atoms with Crippen LogP contribution < -0.4 is 5.56 Å². The first-order valence-electron chi connectivity index (χ1n) is 8.28. The second-order valence-corrected chi connectivity index (χ2v) is 6.85. The van der Waals surface area contributed by atoms with E-state index in [0.717, 1.165) is 16.5 Å². The van der Waals surface area contributed by atoms with Crippen LogP contribution in [0.5, 0.6) is 0 Å². The van der Waals surface area contributed by atoms with Crippen molar-refractivity contribution in [2.75, 3.05) is 0 Å². The Bertz CT molecular complexity index is 1320. The molecule has 0 aliphatic rings. The van der Waals surface area contributed by atoms with Gasteiger partial charge in [-0.05, 0) is 18.2 Å². The molecule has 5 aromatic rings. The Morgan fingerprint density at radius 3 is 2.96 bits per heavy atom. The molecular formula is C19H13N5O2S. The molecule has 0 aliphatic heterocycles. The number of hydrogen-bond donors (Lipinski definition) is 1. The number of para-hydroxylation sites is 1. The highest BCUT2D eigenvalue weighted by Crippen LogP contribution is 2.30. The number of H-pyrrole nitrogens is 1. The maximum Gasteiger partial charge on any atom is 0.277 e. The third kappa shape index (κ3) is 2.89. The van der Waals surface area contributed by atoms with Crippen LogP contribution in [0.1, 0.15) is 5.69 Å². The lowest BCUT2D eigenvalue weighted by atomic mass is 10.2. The molecule has 0 atom stereocenters. The van der Waals surface area contributed by atoms with Crippen LogP contribution in [0.3, 0.4) is 0 Å². The number of pyridine rings is 1. The molecule has 132 valence electrons. The highest BCUT2D eigenvalue weighted by atomic mass is 32.2. The summed E-state index contributed by atoms with van der Waals surface area (Å²) in [5, 5.41) is 9.71. The van der Waals surface area contributed by atoms with E-state index in [-0.39, 0.29) is 5.56 Å². The Hall–Kier alpha value is -3.39.